The summed E-state index contributed by atoms with van der Waals surface area (Å²) in [7, 11) is 2.14. The van der Waals surface area contributed by atoms with E-state index in [4.69, 9.17) is 0 Å². The average molecular weight is 326 g/mol. The molecule has 106 valence electrons. The first-order chi connectivity index (χ1) is 9.06. The fourth-order valence-corrected chi connectivity index (χ4v) is 3.47. The highest BCUT2D eigenvalue weighted by Gasteiger charge is 2.27. The largest absolute Gasteiger partial charge is 0.393 e. The molecule has 1 aromatic rings. The second-order valence-electron chi connectivity index (χ2n) is 6.03. The fraction of sp³-hybridized carbons (Fsp3) is 0.625. The van der Waals surface area contributed by atoms with Crippen molar-refractivity contribution in [1.29, 1.82) is 0 Å². The Morgan fingerprint density at radius 3 is 2.79 bits per heavy atom. The minimum atomic E-state index is -0.113. The summed E-state index contributed by atoms with van der Waals surface area (Å²) < 4.78 is 1.17. The maximum atomic E-state index is 10.1. The molecule has 0 bridgehead atoms. The molecule has 0 heterocycles. The van der Waals surface area contributed by atoms with Crippen LogP contribution in [0.5, 0.6) is 0 Å². The molecule has 3 atom stereocenters. The normalized spacial score (nSPS) is 27.7. The lowest BCUT2D eigenvalue weighted by atomic mass is 9.80. The van der Waals surface area contributed by atoms with Gasteiger partial charge in [-0.2, -0.15) is 0 Å². The van der Waals surface area contributed by atoms with E-state index in [-0.39, 0.29) is 6.10 Å². The molecule has 0 aliphatic heterocycles. The van der Waals surface area contributed by atoms with Gasteiger partial charge >= 0.3 is 0 Å². The van der Waals surface area contributed by atoms with E-state index in [0.717, 1.165) is 31.8 Å². The molecule has 19 heavy (non-hydrogen) atoms. The lowest BCUT2D eigenvalue weighted by Gasteiger charge is -2.34. The molecule has 3 unspecified atom stereocenters. The number of hydrogen-bond acceptors (Lipinski definition) is 2. The van der Waals surface area contributed by atoms with Gasteiger partial charge in [0.1, 0.15) is 0 Å². The molecule has 0 saturated heterocycles. The topological polar surface area (TPSA) is 23.5 Å². The molecule has 1 saturated carbocycles. The number of rotatable bonds is 4. The maximum Gasteiger partial charge on any atom is 0.0580 e. The summed E-state index contributed by atoms with van der Waals surface area (Å²) in [5, 5.41) is 10.1. The van der Waals surface area contributed by atoms with E-state index < -0.39 is 0 Å². The lowest BCUT2D eigenvalue weighted by molar-refractivity contribution is 0.0337. The summed E-state index contributed by atoms with van der Waals surface area (Å²) in [4.78, 5) is 2.33. The van der Waals surface area contributed by atoms with Gasteiger partial charge in [-0.15, -0.1) is 0 Å². The van der Waals surface area contributed by atoms with Crippen LogP contribution in [0.4, 0.5) is 0 Å². The van der Waals surface area contributed by atoms with E-state index in [1.54, 1.807) is 0 Å². The third kappa shape index (κ3) is 4.30. The summed E-state index contributed by atoms with van der Waals surface area (Å²) in [5.74, 6) is 1.18. The van der Waals surface area contributed by atoms with Crippen molar-refractivity contribution in [3.63, 3.8) is 0 Å². The molecule has 1 aliphatic rings. The number of aliphatic hydroxyl groups excluding tert-OH is 1. The molecule has 2 nitrogen and oxygen atoms in total. The molecule has 0 radical (unpaired) electrons. The number of halogens is 1. The van der Waals surface area contributed by atoms with Gasteiger partial charge in [-0.1, -0.05) is 41.1 Å². The number of aliphatic hydroxyl groups is 1. The molecule has 1 N–H and O–H groups in total. The molecule has 0 aromatic heterocycles. The fourth-order valence-electron chi connectivity index (χ4n) is 3.06. The third-order valence-electron chi connectivity index (χ3n) is 4.15. The first-order valence-corrected chi connectivity index (χ1v) is 7.95. The van der Waals surface area contributed by atoms with E-state index in [0.29, 0.717) is 5.92 Å². The SMILES string of the molecule is CC1CCC(O)C(CN(C)Cc2ccccc2Br)C1. The van der Waals surface area contributed by atoms with Crippen LogP contribution in [-0.4, -0.2) is 29.7 Å². The van der Waals surface area contributed by atoms with Gasteiger partial charge in [0.15, 0.2) is 0 Å². The Balaban J connectivity index is 1.90. The molecular weight excluding hydrogens is 302 g/mol. The van der Waals surface area contributed by atoms with Gasteiger partial charge in [0.25, 0.3) is 0 Å². The van der Waals surface area contributed by atoms with E-state index in [2.05, 4.69) is 53.0 Å². The molecule has 1 aromatic carbocycles. The lowest BCUT2D eigenvalue weighted by Crippen LogP contribution is -2.36. The summed E-state index contributed by atoms with van der Waals surface area (Å²) in [6.45, 7) is 4.21. The van der Waals surface area contributed by atoms with Crippen LogP contribution in [0.2, 0.25) is 0 Å². The van der Waals surface area contributed by atoms with Crippen LogP contribution in [0.1, 0.15) is 31.7 Å². The minimum absolute atomic E-state index is 0.113. The Bertz CT molecular complexity index is 409. The van der Waals surface area contributed by atoms with E-state index in [9.17, 15) is 5.11 Å². The van der Waals surface area contributed by atoms with Crippen LogP contribution < -0.4 is 0 Å². The summed E-state index contributed by atoms with van der Waals surface area (Å²) in [6.07, 6.45) is 3.18. The Labute approximate surface area is 124 Å². The molecule has 0 spiro atoms. The number of nitrogens with zero attached hydrogens (tertiary/aromatic N) is 1. The van der Waals surface area contributed by atoms with Crippen LogP contribution >= 0.6 is 15.9 Å². The van der Waals surface area contributed by atoms with Crippen molar-refractivity contribution in [3.05, 3.63) is 34.3 Å². The van der Waals surface area contributed by atoms with Crippen LogP contribution in [0, 0.1) is 11.8 Å². The highest BCUT2D eigenvalue weighted by molar-refractivity contribution is 9.10. The van der Waals surface area contributed by atoms with E-state index >= 15 is 0 Å². The molecule has 1 fully saturated rings. The van der Waals surface area contributed by atoms with Gasteiger partial charge in [0, 0.05) is 17.6 Å². The third-order valence-corrected chi connectivity index (χ3v) is 4.92. The van der Waals surface area contributed by atoms with E-state index in [1.807, 2.05) is 6.07 Å². The monoisotopic (exact) mass is 325 g/mol. The van der Waals surface area contributed by atoms with Crippen LogP contribution in [-0.2, 0) is 6.54 Å². The van der Waals surface area contributed by atoms with Crippen LogP contribution in [0.15, 0.2) is 28.7 Å². The average Bonchev–Trinajstić information content (AvgIpc) is 2.37. The van der Waals surface area contributed by atoms with Gasteiger partial charge in [-0.05, 0) is 49.8 Å². The zero-order valence-corrected chi connectivity index (χ0v) is 13.4. The Kier molecular flexibility index (Phi) is 5.43. The zero-order valence-electron chi connectivity index (χ0n) is 11.8. The minimum Gasteiger partial charge on any atom is -0.393 e. The van der Waals surface area contributed by atoms with Gasteiger partial charge in [0.2, 0.25) is 0 Å². The Hall–Kier alpha value is -0.380. The second-order valence-corrected chi connectivity index (χ2v) is 6.89. The quantitative estimate of drug-likeness (QED) is 0.912. The standard InChI is InChI=1S/C16H24BrNO/c1-12-7-8-16(19)14(9-12)11-18(2)10-13-5-3-4-6-15(13)17/h3-6,12,14,16,19H,7-11H2,1-2H3. The zero-order chi connectivity index (χ0) is 13.8. The number of benzene rings is 1. The Morgan fingerprint density at radius 2 is 2.05 bits per heavy atom. The summed E-state index contributed by atoms with van der Waals surface area (Å²) in [6, 6.07) is 8.35. The molecular formula is C16H24BrNO. The van der Waals surface area contributed by atoms with Crippen molar-refractivity contribution in [2.24, 2.45) is 11.8 Å². The predicted octanol–water partition coefficient (Wildman–Crippen LogP) is 3.68. The highest BCUT2D eigenvalue weighted by Crippen LogP contribution is 2.30. The molecule has 3 heteroatoms. The molecule has 2 rings (SSSR count). The van der Waals surface area contributed by atoms with Gasteiger partial charge in [0.05, 0.1) is 6.10 Å². The smallest absolute Gasteiger partial charge is 0.0580 e. The summed E-state index contributed by atoms with van der Waals surface area (Å²) in [5.41, 5.74) is 1.31. The molecule has 0 amide bonds. The van der Waals surface area contributed by atoms with Crippen molar-refractivity contribution in [2.75, 3.05) is 13.6 Å². The highest BCUT2D eigenvalue weighted by atomic mass is 79.9. The van der Waals surface area contributed by atoms with Gasteiger partial charge < -0.3 is 10.0 Å². The van der Waals surface area contributed by atoms with Crippen molar-refractivity contribution in [3.8, 4) is 0 Å². The van der Waals surface area contributed by atoms with Gasteiger partial charge in [-0.25, -0.2) is 0 Å². The van der Waals surface area contributed by atoms with E-state index in [1.165, 1.54) is 16.5 Å². The van der Waals surface area contributed by atoms with Gasteiger partial charge in [-0.3, -0.25) is 0 Å². The first kappa shape index (κ1) is 15.0. The predicted molar refractivity (Wildman–Crippen MR) is 83.0 cm³/mol. The van der Waals surface area contributed by atoms with Crippen LogP contribution in [0.25, 0.3) is 0 Å². The van der Waals surface area contributed by atoms with Crippen molar-refractivity contribution in [1.82, 2.24) is 4.90 Å². The van der Waals surface area contributed by atoms with Crippen molar-refractivity contribution >= 4 is 15.9 Å². The van der Waals surface area contributed by atoms with Crippen molar-refractivity contribution < 1.29 is 5.11 Å². The maximum absolute atomic E-state index is 10.1. The Morgan fingerprint density at radius 1 is 1.32 bits per heavy atom. The second kappa shape index (κ2) is 6.87. The van der Waals surface area contributed by atoms with Crippen LogP contribution in [0.3, 0.4) is 0 Å². The summed E-state index contributed by atoms with van der Waals surface area (Å²) >= 11 is 3.60. The number of hydrogen-bond donors (Lipinski definition) is 1. The first-order valence-electron chi connectivity index (χ1n) is 7.16. The molecule has 1 aliphatic carbocycles. The van der Waals surface area contributed by atoms with Crippen molar-refractivity contribution in [2.45, 2.75) is 38.8 Å².